The highest BCUT2D eigenvalue weighted by molar-refractivity contribution is 8.00. The molecule has 4 bridgehead atoms. The number of aldehydes is 2. The molecule has 5 N–H and O–H groups in total. The van der Waals surface area contributed by atoms with Crippen LogP contribution in [0.25, 0.3) is 0 Å². The average molecular weight is 1130 g/mol. The molecule has 2 amide bonds. The monoisotopic (exact) mass is 1120 g/mol. The number of aliphatic hydroxyl groups excluding tert-OH is 1. The molecule has 0 aliphatic carbocycles. The number of nitrogens with zero attached hydrogens (tertiary/aromatic N) is 2. The molecule has 0 radical (unpaired) electrons. The summed E-state index contributed by atoms with van der Waals surface area (Å²) < 4.78 is 33.3. The van der Waals surface area contributed by atoms with Gasteiger partial charge in [-0.25, -0.2) is 4.79 Å². The van der Waals surface area contributed by atoms with Crippen LogP contribution in [-0.2, 0) is 49.3 Å². The van der Waals surface area contributed by atoms with E-state index in [1.54, 1.807) is 49.9 Å². The van der Waals surface area contributed by atoms with Crippen molar-refractivity contribution in [2.75, 3.05) is 80.5 Å². The van der Waals surface area contributed by atoms with Crippen molar-refractivity contribution in [2.45, 2.75) is 188 Å². The van der Waals surface area contributed by atoms with E-state index in [1.807, 2.05) is 113 Å². The molecule has 0 saturated carbocycles. The van der Waals surface area contributed by atoms with Crippen LogP contribution >= 0.6 is 11.8 Å². The van der Waals surface area contributed by atoms with Crippen molar-refractivity contribution < 1.29 is 67.7 Å². The van der Waals surface area contributed by atoms with E-state index < -0.39 is 46.6 Å². The van der Waals surface area contributed by atoms with Crippen LogP contribution in [0.5, 0.6) is 5.75 Å². The Hall–Kier alpha value is -4.34. The third-order valence-corrected chi connectivity index (χ3v) is 15.0. The Morgan fingerprint density at radius 1 is 1.01 bits per heavy atom. The highest BCUT2D eigenvalue weighted by Gasteiger charge is 2.52. The van der Waals surface area contributed by atoms with E-state index in [-0.39, 0.29) is 47.5 Å². The molecular formula is C59H104N4O14S. The minimum atomic E-state index is -1.83. The van der Waals surface area contributed by atoms with Crippen LogP contribution in [0.15, 0.2) is 48.2 Å². The first-order valence-corrected chi connectivity index (χ1v) is 27.6. The number of hydrogen-bond acceptors (Lipinski definition) is 17. The first kappa shape index (κ1) is 75.7. The van der Waals surface area contributed by atoms with E-state index >= 15 is 0 Å². The van der Waals surface area contributed by atoms with Crippen LogP contribution in [0.1, 0.15) is 140 Å². The molecule has 1 fully saturated rings. The lowest BCUT2D eigenvalue weighted by Gasteiger charge is -2.47. The quantitative estimate of drug-likeness (QED) is 0.0645. The number of likely N-dealkylation sites (N-methyl/N-ethyl adjacent to an activating group) is 1. The highest BCUT2D eigenvalue weighted by Crippen LogP contribution is 2.41. The maximum atomic E-state index is 13.6. The minimum absolute atomic E-state index is 0.0482. The summed E-state index contributed by atoms with van der Waals surface area (Å²) in [6.07, 6.45) is 6.66. The van der Waals surface area contributed by atoms with Gasteiger partial charge in [0.05, 0.1) is 61.7 Å². The number of carbonyl (C=O) groups excluding carboxylic acids is 5. The molecule has 1 saturated heterocycles. The lowest BCUT2D eigenvalue weighted by molar-refractivity contribution is -0.181. The Balaban J connectivity index is 0. The van der Waals surface area contributed by atoms with Gasteiger partial charge >= 0.3 is 12.1 Å². The highest BCUT2D eigenvalue weighted by atomic mass is 32.2. The number of carbonyl (C=O) groups is 5. The number of amides is 2. The number of allylic oxidation sites excluding steroid dienone is 3. The maximum absolute atomic E-state index is 13.6. The van der Waals surface area contributed by atoms with Gasteiger partial charge in [-0.05, 0) is 118 Å². The molecular weight excluding hydrogens is 1020 g/mol. The Morgan fingerprint density at radius 3 is 2.12 bits per heavy atom. The molecule has 2 heterocycles. The number of anilines is 1. The van der Waals surface area contributed by atoms with Crippen molar-refractivity contribution >= 4 is 48.0 Å². The number of nitrogens with one attached hydrogen (secondary N) is 2. The molecule has 78 heavy (non-hydrogen) atoms. The summed E-state index contributed by atoms with van der Waals surface area (Å²) in [6, 6.07) is 4.00. The van der Waals surface area contributed by atoms with Gasteiger partial charge in [-0.3, -0.25) is 14.9 Å². The fourth-order valence-corrected chi connectivity index (χ4v) is 9.22. The van der Waals surface area contributed by atoms with E-state index in [1.165, 1.54) is 21.3 Å². The number of ether oxygens (including phenoxy) is 6. The van der Waals surface area contributed by atoms with Crippen molar-refractivity contribution in [2.24, 2.45) is 10.8 Å². The molecule has 0 aromatic heterocycles. The Kier molecular flexibility index (Phi) is 34.4. The van der Waals surface area contributed by atoms with E-state index in [0.29, 0.717) is 25.2 Å². The number of methoxy groups -OCH3 is 4. The number of alkyl carbamates (subject to hydrolysis) is 1. The fraction of sp³-hybridized carbons (Fsp3) is 0.712. The molecule has 1 aromatic carbocycles. The topological polar surface area (TPSA) is 232 Å². The van der Waals surface area contributed by atoms with Crippen LogP contribution in [0, 0.1) is 17.8 Å². The first-order chi connectivity index (χ1) is 36.1. The van der Waals surface area contributed by atoms with Crippen molar-refractivity contribution in [3.8, 4) is 5.75 Å². The van der Waals surface area contributed by atoms with E-state index in [4.69, 9.17) is 33.5 Å². The van der Waals surface area contributed by atoms with Gasteiger partial charge in [0.1, 0.15) is 30.5 Å². The number of benzene rings is 1. The second-order valence-corrected chi connectivity index (χ2v) is 24.2. The average Bonchev–Trinajstić information content (AvgIpc) is 3.37. The summed E-state index contributed by atoms with van der Waals surface area (Å²) in [6.45, 7) is 32.2. The van der Waals surface area contributed by atoms with E-state index in [2.05, 4.69) is 31.1 Å². The summed E-state index contributed by atoms with van der Waals surface area (Å²) in [5.74, 6) is 1.05. The van der Waals surface area contributed by atoms with Crippen LogP contribution < -0.4 is 20.3 Å². The van der Waals surface area contributed by atoms with Gasteiger partial charge in [0.2, 0.25) is 5.91 Å². The third kappa shape index (κ3) is 26.3. The largest absolute Gasteiger partial charge is 0.496 e. The first-order valence-electron chi connectivity index (χ1n) is 26.7. The number of esters is 1. The van der Waals surface area contributed by atoms with Crippen LogP contribution in [0.2, 0.25) is 0 Å². The van der Waals surface area contributed by atoms with Crippen LogP contribution in [0.3, 0.4) is 0 Å². The van der Waals surface area contributed by atoms with Gasteiger partial charge in [0, 0.05) is 69.5 Å². The lowest BCUT2D eigenvalue weighted by atomic mass is 9.72. The molecule has 450 valence electrons. The van der Waals surface area contributed by atoms with Gasteiger partial charge in [0.15, 0.2) is 5.72 Å². The van der Waals surface area contributed by atoms with E-state index in [0.717, 1.165) is 72.9 Å². The minimum Gasteiger partial charge on any atom is -0.496 e. The van der Waals surface area contributed by atoms with Crippen molar-refractivity contribution in [1.29, 1.82) is 0 Å². The predicted octanol–water partition coefficient (Wildman–Crippen LogP) is 8.53. The predicted molar refractivity (Wildman–Crippen MR) is 314 cm³/mol. The van der Waals surface area contributed by atoms with Crippen LogP contribution in [-0.4, -0.2) is 172 Å². The summed E-state index contributed by atoms with van der Waals surface area (Å²) in [4.78, 5) is 61.8. The third-order valence-electron chi connectivity index (χ3n) is 13.5. The van der Waals surface area contributed by atoms with Gasteiger partial charge in [-0.2, -0.15) is 0 Å². The maximum Gasteiger partial charge on any atom is 0.409 e. The summed E-state index contributed by atoms with van der Waals surface area (Å²) in [7, 11) is 12.5. The summed E-state index contributed by atoms with van der Waals surface area (Å²) in [5, 5.41) is 36.0. The second-order valence-electron chi connectivity index (χ2n) is 22.5. The lowest BCUT2D eigenvalue weighted by Crippen LogP contribution is -2.66. The van der Waals surface area contributed by atoms with Gasteiger partial charge < -0.3 is 68.4 Å². The smallest absolute Gasteiger partial charge is 0.409 e. The molecule has 3 unspecified atom stereocenters. The second kappa shape index (κ2) is 35.4. The molecule has 3 rings (SSSR count). The number of rotatable bonds is 19. The van der Waals surface area contributed by atoms with Crippen molar-refractivity contribution in [1.82, 2.24) is 15.5 Å². The number of hydrogen-bond donors (Lipinski definition) is 5. The molecule has 6 atom stereocenters. The number of aliphatic hydroxyl groups is 3. The van der Waals surface area contributed by atoms with Crippen molar-refractivity contribution in [3.05, 3.63) is 59.3 Å². The van der Waals surface area contributed by atoms with Gasteiger partial charge in [-0.15, -0.1) is 11.8 Å². The standard InChI is InChI=1S/C31H46N2O8.C20H37NO4S.C5H11NO.C2H6.CH4O/c1-19-11-10-12-24(39-8)31(37)17-26(41-28(35)32-31)30(5,36)18-29(3,4)25(40-9)16-27(34)33(6)22-14-21(13-19)15-23(38-7)20(22)2;1-16(14-26-20(6,7)10-9-13-22)21-12-11-19(4,5)25-15-18(2,3)17(23)24-8;1-5(4-7)6(2)3;2*1-2/h10-12,14-15,24-26,36-37H,13,16-18H2,1-9H3,(H,32,35);13,21H,1,9-12,14-15H2,2-8H3;4-5H,1-3H3;1-2H3;2H,1H3/b12-10+,19-11+;;;;/t24-,25+,26?,30?,31+;;;;/m1..../s1. The Morgan fingerprint density at radius 2 is 1.62 bits per heavy atom. The molecule has 2 aliphatic heterocycles. The van der Waals surface area contributed by atoms with E-state index in [9.17, 15) is 34.2 Å². The zero-order valence-corrected chi connectivity index (χ0v) is 52.6. The Labute approximate surface area is 473 Å². The Bertz CT molecular complexity index is 2070. The normalized spacial score (nSPS) is 23.1. The zero-order valence-electron chi connectivity index (χ0n) is 51.8. The van der Waals surface area contributed by atoms with Gasteiger partial charge in [-0.1, -0.05) is 71.9 Å². The molecule has 2 aliphatic rings. The molecule has 19 heteroatoms. The summed E-state index contributed by atoms with van der Waals surface area (Å²) >= 11 is 1.80. The molecule has 18 nitrogen and oxygen atoms in total. The SMILES string of the molecule is C=C(CSC(C)(C)CCC=O)NCCC(C)(C)OCC(C)(C)C(=O)OC.CC.CC(C=O)N(C)C.CO.COc1cc2cc(c1C)N(C)C(=O)C[C@H](OC)C(C)(C)CC(C)(O)C1C[C@@](O)(NC(=O)O1)[C@H](OC)/C=C/C=C(\C)C2. The number of thioether (sulfide) groups is 1. The number of fused-ring (bicyclic) bond motifs is 4. The van der Waals surface area contributed by atoms with Crippen molar-refractivity contribution in [3.63, 3.8) is 0 Å². The molecule has 1 aromatic rings. The zero-order chi connectivity index (χ0) is 61.0. The summed E-state index contributed by atoms with van der Waals surface area (Å²) in [5.41, 5.74) is -0.631. The fourth-order valence-electron chi connectivity index (χ4n) is 8.29. The molecule has 0 spiro atoms. The van der Waals surface area contributed by atoms with Crippen LogP contribution in [0.4, 0.5) is 10.5 Å². The van der Waals surface area contributed by atoms with Gasteiger partial charge in [0.25, 0.3) is 0 Å².